The summed E-state index contributed by atoms with van der Waals surface area (Å²) in [7, 11) is 0. The molecule has 0 spiro atoms. The highest BCUT2D eigenvalue weighted by Crippen LogP contribution is 2.32. The predicted octanol–water partition coefficient (Wildman–Crippen LogP) is 3.56. The maximum absolute atomic E-state index is 6.19. The van der Waals surface area contributed by atoms with Crippen LogP contribution in [0.2, 0.25) is 10.0 Å². The molecule has 0 fully saturated rings. The number of hydrogen-bond donors (Lipinski definition) is 1. The molecule has 1 aromatic rings. The average Bonchev–Trinajstić information content (AvgIpc) is 2.28. The SMILES string of the molecule is CCCCN(CCN)c1cccc(Cl)c1Cl. The van der Waals surface area contributed by atoms with Crippen molar-refractivity contribution in [2.24, 2.45) is 5.73 Å². The van der Waals surface area contributed by atoms with Gasteiger partial charge in [0.1, 0.15) is 0 Å². The van der Waals surface area contributed by atoms with E-state index in [4.69, 9.17) is 28.9 Å². The van der Waals surface area contributed by atoms with Crippen LogP contribution in [0.5, 0.6) is 0 Å². The fourth-order valence-electron chi connectivity index (χ4n) is 1.59. The number of unbranched alkanes of at least 4 members (excludes halogenated alkanes) is 1. The van der Waals surface area contributed by atoms with Crippen LogP contribution in [0.15, 0.2) is 18.2 Å². The van der Waals surface area contributed by atoms with Crippen molar-refractivity contribution in [3.8, 4) is 0 Å². The molecule has 0 aromatic heterocycles. The van der Waals surface area contributed by atoms with Gasteiger partial charge < -0.3 is 10.6 Å². The van der Waals surface area contributed by atoms with Crippen molar-refractivity contribution < 1.29 is 0 Å². The maximum Gasteiger partial charge on any atom is 0.0825 e. The van der Waals surface area contributed by atoms with E-state index in [0.29, 0.717) is 16.6 Å². The van der Waals surface area contributed by atoms with Crippen LogP contribution < -0.4 is 10.6 Å². The molecular weight excluding hydrogens is 243 g/mol. The molecule has 90 valence electrons. The van der Waals surface area contributed by atoms with Crippen molar-refractivity contribution in [2.45, 2.75) is 19.8 Å². The van der Waals surface area contributed by atoms with Gasteiger partial charge in [0, 0.05) is 19.6 Å². The van der Waals surface area contributed by atoms with Crippen LogP contribution in [0.4, 0.5) is 5.69 Å². The molecule has 0 saturated carbocycles. The highest BCUT2D eigenvalue weighted by Gasteiger charge is 2.11. The Bertz CT molecular complexity index is 329. The quantitative estimate of drug-likeness (QED) is 0.848. The monoisotopic (exact) mass is 260 g/mol. The summed E-state index contributed by atoms with van der Waals surface area (Å²) in [5, 5.41) is 1.21. The molecule has 2 nitrogen and oxygen atoms in total. The number of benzene rings is 1. The van der Waals surface area contributed by atoms with Crippen molar-refractivity contribution in [1.82, 2.24) is 0 Å². The van der Waals surface area contributed by atoms with Gasteiger partial charge in [-0.15, -0.1) is 0 Å². The third kappa shape index (κ3) is 3.55. The normalized spacial score (nSPS) is 10.5. The lowest BCUT2D eigenvalue weighted by Crippen LogP contribution is -2.30. The fourth-order valence-corrected chi connectivity index (χ4v) is 2.01. The second kappa shape index (κ2) is 7.00. The summed E-state index contributed by atoms with van der Waals surface area (Å²) in [6.45, 7) is 4.56. The van der Waals surface area contributed by atoms with Gasteiger partial charge in [0.05, 0.1) is 15.7 Å². The van der Waals surface area contributed by atoms with Gasteiger partial charge in [-0.1, -0.05) is 42.6 Å². The number of nitrogens with two attached hydrogens (primary N) is 1. The van der Waals surface area contributed by atoms with Gasteiger partial charge in [-0.25, -0.2) is 0 Å². The number of nitrogens with zero attached hydrogens (tertiary/aromatic N) is 1. The van der Waals surface area contributed by atoms with Crippen LogP contribution in [-0.2, 0) is 0 Å². The molecule has 0 amide bonds. The van der Waals surface area contributed by atoms with E-state index in [0.717, 1.165) is 31.6 Å². The van der Waals surface area contributed by atoms with Crippen LogP contribution in [0.1, 0.15) is 19.8 Å². The lowest BCUT2D eigenvalue weighted by atomic mass is 10.2. The molecule has 0 aliphatic rings. The molecule has 4 heteroatoms. The lowest BCUT2D eigenvalue weighted by Gasteiger charge is -2.25. The first-order valence-corrected chi connectivity index (χ1v) is 6.35. The second-order valence-electron chi connectivity index (χ2n) is 3.70. The van der Waals surface area contributed by atoms with Crippen LogP contribution in [-0.4, -0.2) is 19.6 Å². The van der Waals surface area contributed by atoms with Crippen LogP contribution in [0, 0.1) is 0 Å². The largest absolute Gasteiger partial charge is 0.369 e. The van der Waals surface area contributed by atoms with E-state index in [9.17, 15) is 0 Å². The highest BCUT2D eigenvalue weighted by atomic mass is 35.5. The fraction of sp³-hybridized carbons (Fsp3) is 0.500. The van der Waals surface area contributed by atoms with E-state index in [2.05, 4.69) is 11.8 Å². The van der Waals surface area contributed by atoms with Crippen LogP contribution in [0.25, 0.3) is 0 Å². The number of hydrogen-bond acceptors (Lipinski definition) is 2. The average molecular weight is 261 g/mol. The molecule has 0 aliphatic heterocycles. The highest BCUT2D eigenvalue weighted by molar-refractivity contribution is 6.43. The zero-order chi connectivity index (χ0) is 12.0. The Labute approximate surface area is 107 Å². The molecular formula is C12H18Cl2N2. The van der Waals surface area contributed by atoms with Gasteiger partial charge in [0.15, 0.2) is 0 Å². The van der Waals surface area contributed by atoms with Gasteiger partial charge in [-0.2, -0.15) is 0 Å². The van der Waals surface area contributed by atoms with Crippen molar-refractivity contribution in [3.05, 3.63) is 28.2 Å². The van der Waals surface area contributed by atoms with Gasteiger partial charge in [0.2, 0.25) is 0 Å². The molecule has 0 saturated heterocycles. The number of anilines is 1. The van der Waals surface area contributed by atoms with E-state index in [1.54, 1.807) is 6.07 Å². The van der Waals surface area contributed by atoms with Crippen LogP contribution in [0.3, 0.4) is 0 Å². The van der Waals surface area contributed by atoms with Crippen molar-refractivity contribution in [3.63, 3.8) is 0 Å². The summed E-state index contributed by atoms with van der Waals surface area (Å²) >= 11 is 12.2. The molecule has 0 bridgehead atoms. The Morgan fingerprint density at radius 3 is 2.62 bits per heavy atom. The van der Waals surface area contributed by atoms with Crippen LogP contribution >= 0.6 is 23.2 Å². The molecule has 1 aromatic carbocycles. The number of halogens is 2. The zero-order valence-corrected chi connectivity index (χ0v) is 11.1. The summed E-state index contributed by atoms with van der Waals surface area (Å²) < 4.78 is 0. The Balaban J connectivity index is 2.86. The summed E-state index contributed by atoms with van der Waals surface area (Å²) in [5.41, 5.74) is 6.59. The minimum Gasteiger partial charge on any atom is -0.369 e. The third-order valence-electron chi connectivity index (χ3n) is 2.45. The predicted molar refractivity (Wildman–Crippen MR) is 72.6 cm³/mol. The van der Waals surface area contributed by atoms with Gasteiger partial charge in [0.25, 0.3) is 0 Å². The zero-order valence-electron chi connectivity index (χ0n) is 9.55. The Hall–Kier alpha value is -0.440. The Kier molecular flexibility index (Phi) is 5.96. The number of rotatable bonds is 6. The maximum atomic E-state index is 6.19. The third-order valence-corrected chi connectivity index (χ3v) is 3.26. The smallest absolute Gasteiger partial charge is 0.0825 e. The summed E-state index contributed by atoms with van der Waals surface area (Å²) in [6, 6.07) is 5.70. The standard InChI is InChI=1S/C12H18Cl2N2/c1-2-3-8-16(9-7-15)11-6-4-5-10(13)12(11)14/h4-6H,2-3,7-9,15H2,1H3. The topological polar surface area (TPSA) is 29.3 Å². The summed E-state index contributed by atoms with van der Waals surface area (Å²) in [5.74, 6) is 0. The first-order chi connectivity index (χ1) is 7.70. The van der Waals surface area contributed by atoms with Crippen molar-refractivity contribution in [1.29, 1.82) is 0 Å². The molecule has 0 aliphatic carbocycles. The Morgan fingerprint density at radius 2 is 2.00 bits per heavy atom. The molecule has 16 heavy (non-hydrogen) atoms. The summed E-state index contributed by atoms with van der Waals surface area (Å²) in [4.78, 5) is 2.19. The molecule has 0 heterocycles. The molecule has 2 N–H and O–H groups in total. The minimum atomic E-state index is 0.595. The van der Waals surface area contributed by atoms with Gasteiger partial charge >= 0.3 is 0 Å². The molecule has 1 rings (SSSR count). The van der Waals surface area contributed by atoms with Gasteiger partial charge in [-0.3, -0.25) is 0 Å². The Morgan fingerprint density at radius 1 is 1.25 bits per heavy atom. The van der Waals surface area contributed by atoms with Crippen molar-refractivity contribution >= 4 is 28.9 Å². The summed E-state index contributed by atoms with van der Waals surface area (Å²) in [6.07, 6.45) is 2.28. The first kappa shape index (κ1) is 13.6. The van der Waals surface area contributed by atoms with Crippen molar-refractivity contribution in [2.75, 3.05) is 24.5 Å². The lowest BCUT2D eigenvalue weighted by molar-refractivity contribution is 0.716. The second-order valence-corrected chi connectivity index (χ2v) is 4.49. The first-order valence-electron chi connectivity index (χ1n) is 5.59. The van der Waals surface area contributed by atoms with Gasteiger partial charge in [-0.05, 0) is 18.6 Å². The minimum absolute atomic E-state index is 0.595. The molecule has 0 atom stereocenters. The molecule has 0 radical (unpaired) electrons. The van der Waals surface area contributed by atoms with E-state index in [1.807, 2.05) is 12.1 Å². The van der Waals surface area contributed by atoms with E-state index >= 15 is 0 Å². The van der Waals surface area contributed by atoms with E-state index in [-0.39, 0.29) is 0 Å². The molecule has 0 unspecified atom stereocenters. The van der Waals surface area contributed by atoms with E-state index < -0.39 is 0 Å². The van der Waals surface area contributed by atoms with E-state index in [1.165, 1.54) is 0 Å².